The minimum Gasteiger partial charge on any atom is -0.465 e. The summed E-state index contributed by atoms with van der Waals surface area (Å²) in [5.41, 5.74) is 1.75. The van der Waals surface area contributed by atoms with Crippen LogP contribution in [0.2, 0.25) is 0 Å². The number of likely N-dealkylation sites (tertiary alicyclic amines) is 1. The lowest BCUT2D eigenvalue weighted by atomic mass is 9.99. The molecule has 3 atom stereocenters. The summed E-state index contributed by atoms with van der Waals surface area (Å²) in [6.45, 7) is 4.13. The fraction of sp³-hybridized carbons (Fsp3) is 0.562. The van der Waals surface area contributed by atoms with E-state index in [0.29, 0.717) is 11.7 Å². The fourth-order valence-electron chi connectivity index (χ4n) is 3.27. The maximum absolute atomic E-state index is 11.6. The van der Waals surface area contributed by atoms with Gasteiger partial charge in [0.15, 0.2) is 0 Å². The first-order chi connectivity index (χ1) is 9.65. The zero-order chi connectivity index (χ0) is 14.1. The van der Waals surface area contributed by atoms with Crippen LogP contribution in [0.15, 0.2) is 24.3 Å². The Kier molecular flexibility index (Phi) is 3.76. The summed E-state index contributed by atoms with van der Waals surface area (Å²) in [7, 11) is 1.41. The maximum atomic E-state index is 11.6. The Labute approximate surface area is 119 Å². The third-order valence-electron chi connectivity index (χ3n) is 4.20. The summed E-state index contributed by atoms with van der Waals surface area (Å²) in [5.74, 6) is 0.460. The summed E-state index contributed by atoms with van der Waals surface area (Å²) in [6, 6.07) is 7.67. The van der Waals surface area contributed by atoms with Gasteiger partial charge in [0, 0.05) is 13.1 Å². The van der Waals surface area contributed by atoms with E-state index in [1.54, 1.807) is 6.07 Å². The monoisotopic (exact) mass is 275 g/mol. The lowest BCUT2D eigenvalue weighted by molar-refractivity contribution is -0.0529. The largest absolute Gasteiger partial charge is 0.465 e. The molecule has 108 valence electrons. The molecular weight excluding hydrogens is 254 g/mol. The van der Waals surface area contributed by atoms with E-state index in [0.717, 1.165) is 37.4 Å². The Balaban J connectivity index is 1.71. The lowest BCUT2D eigenvalue weighted by Crippen LogP contribution is -2.31. The van der Waals surface area contributed by atoms with Crippen LogP contribution in [-0.2, 0) is 16.0 Å². The molecule has 4 heteroatoms. The second-order valence-corrected chi connectivity index (χ2v) is 5.91. The van der Waals surface area contributed by atoms with Crippen molar-refractivity contribution >= 4 is 5.97 Å². The number of hydrogen-bond acceptors (Lipinski definition) is 4. The molecule has 2 bridgehead atoms. The normalized spacial score (nSPS) is 29.4. The van der Waals surface area contributed by atoms with E-state index in [4.69, 9.17) is 9.47 Å². The second kappa shape index (κ2) is 5.54. The molecule has 2 aliphatic rings. The zero-order valence-corrected chi connectivity index (χ0v) is 12.0. The summed E-state index contributed by atoms with van der Waals surface area (Å²) >= 11 is 0. The number of ether oxygens (including phenoxy) is 2. The third-order valence-corrected chi connectivity index (χ3v) is 4.20. The van der Waals surface area contributed by atoms with E-state index in [1.807, 2.05) is 12.1 Å². The van der Waals surface area contributed by atoms with Gasteiger partial charge in [-0.15, -0.1) is 0 Å². The van der Waals surface area contributed by atoms with Crippen molar-refractivity contribution in [2.45, 2.75) is 38.6 Å². The van der Waals surface area contributed by atoms with E-state index in [2.05, 4.69) is 17.9 Å². The average molecular weight is 275 g/mol. The molecular formula is C16H21NO3. The van der Waals surface area contributed by atoms with Gasteiger partial charge in [0.25, 0.3) is 0 Å². The van der Waals surface area contributed by atoms with Crippen LogP contribution in [0, 0.1) is 5.92 Å². The van der Waals surface area contributed by atoms with Crippen LogP contribution in [0.1, 0.15) is 35.7 Å². The van der Waals surface area contributed by atoms with Gasteiger partial charge in [-0.3, -0.25) is 4.90 Å². The molecule has 2 aliphatic heterocycles. The molecule has 4 nitrogen and oxygen atoms in total. The lowest BCUT2D eigenvalue weighted by Gasteiger charge is -2.27. The Hall–Kier alpha value is -1.39. The SMILES string of the molecule is COC(=O)c1cccc(CN2C[C@H]3C[C@H](C)C[C@@H]2O3)c1. The Morgan fingerprint density at radius 3 is 3.10 bits per heavy atom. The van der Waals surface area contributed by atoms with Crippen molar-refractivity contribution < 1.29 is 14.3 Å². The smallest absolute Gasteiger partial charge is 0.337 e. The fourth-order valence-corrected chi connectivity index (χ4v) is 3.27. The summed E-state index contributed by atoms with van der Waals surface area (Å²) in [6.07, 6.45) is 2.89. The van der Waals surface area contributed by atoms with Crippen molar-refractivity contribution in [3.8, 4) is 0 Å². The van der Waals surface area contributed by atoms with Crippen LogP contribution in [0.25, 0.3) is 0 Å². The molecule has 1 aromatic carbocycles. The molecule has 1 aromatic rings. The second-order valence-electron chi connectivity index (χ2n) is 5.91. The van der Waals surface area contributed by atoms with Gasteiger partial charge < -0.3 is 9.47 Å². The molecule has 0 aromatic heterocycles. The number of hydrogen-bond donors (Lipinski definition) is 0. The van der Waals surface area contributed by atoms with Crippen molar-refractivity contribution in [2.75, 3.05) is 13.7 Å². The predicted molar refractivity (Wildman–Crippen MR) is 75.3 cm³/mol. The minimum absolute atomic E-state index is 0.241. The van der Waals surface area contributed by atoms with Crippen LogP contribution in [0.5, 0.6) is 0 Å². The minimum atomic E-state index is -0.281. The van der Waals surface area contributed by atoms with Crippen LogP contribution < -0.4 is 0 Å². The summed E-state index contributed by atoms with van der Waals surface area (Å²) < 4.78 is 10.8. The topological polar surface area (TPSA) is 38.8 Å². The number of esters is 1. The van der Waals surface area contributed by atoms with E-state index < -0.39 is 0 Å². The number of benzene rings is 1. The molecule has 0 unspecified atom stereocenters. The third kappa shape index (κ3) is 2.72. The number of methoxy groups -OCH3 is 1. The number of carbonyl (C=O) groups is 1. The summed E-state index contributed by atoms with van der Waals surface area (Å²) in [5, 5.41) is 0. The Bertz CT molecular complexity index is 502. The number of rotatable bonds is 3. The van der Waals surface area contributed by atoms with Gasteiger partial charge in [0.2, 0.25) is 0 Å². The van der Waals surface area contributed by atoms with E-state index >= 15 is 0 Å². The molecule has 2 saturated heterocycles. The molecule has 20 heavy (non-hydrogen) atoms. The highest BCUT2D eigenvalue weighted by Gasteiger charge is 2.38. The molecule has 0 aliphatic carbocycles. The van der Waals surface area contributed by atoms with Gasteiger partial charge in [-0.25, -0.2) is 4.79 Å². The van der Waals surface area contributed by atoms with Crippen molar-refractivity contribution in [1.82, 2.24) is 4.90 Å². The van der Waals surface area contributed by atoms with Crippen LogP contribution in [0.4, 0.5) is 0 Å². The first-order valence-electron chi connectivity index (χ1n) is 7.22. The predicted octanol–water partition coefficient (Wildman–Crippen LogP) is 2.43. The highest BCUT2D eigenvalue weighted by Crippen LogP contribution is 2.33. The number of nitrogens with zero attached hydrogens (tertiary/aromatic N) is 1. The molecule has 2 heterocycles. The van der Waals surface area contributed by atoms with Gasteiger partial charge in [0.1, 0.15) is 6.23 Å². The molecule has 2 fully saturated rings. The first-order valence-corrected chi connectivity index (χ1v) is 7.22. The highest BCUT2D eigenvalue weighted by atomic mass is 16.5. The van der Waals surface area contributed by atoms with E-state index in [-0.39, 0.29) is 12.2 Å². The quantitative estimate of drug-likeness (QED) is 0.794. The van der Waals surface area contributed by atoms with Crippen molar-refractivity contribution in [3.05, 3.63) is 35.4 Å². The average Bonchev–Trinajstić information content (AvgIpc) is 2.72. The molecule has 3 rings (SSSR count). The first kappa shape index (κ1) is 13.6. The van der Waals surface area contributed by atoms with Gasteiger partial charge in [-0.05, 0) is 36.5 Å². The number of carbonyl (C=O) groups excluding carboxylic acids is 1. The van der Waals surface area contributed by atoms with Crippen LogP contribution in [-0.4, -0.2) is 36.9 Å². The van der Waals surface area contributed by atoms with Gasteiger partial charge in [-0.1, -0.05) is 19.1 Å². The molecule has 0 saturated carbocycles. The Morgan fingerprint density at radius 1 is 1.45 bits per heavy atom. The maximum Gasteiger partial charge on any atom is 0.337 e. The van der Waals surface area contributed by atoms with Gasteiger partial charge in [0.05, 0.1) is 18.8 Å². The standard InChI is InChI=1S/C16H21NO3/c1-11-6-14-10-17(15(7-11)20-14)9-12-4-3-5-13(8-12)16(18)19-2/h3-5,8,11,14-15H,6-7,9-10H2,1-2H3/t11-,14+,15-/m0/s1. The molecule has 0 N–H and O–H groups in total. The zero-order valence-electron chi connectivity index (χ0n) is 12.0. The molecule has 0 amide bonds. The van der Waals surface area contributed by atoms with Gasteiger partial charge >= 0.3 is 5.97 Å². The van der Waals surface area contributed by atoms with E-state index in [1.165, 1.54) is 7.11 Å². The number of fused-ring (bicyclic) bond motifs is 2. The van der Waals surface area contributed by atoms with Gasteiger partial charge in [-0.2, -0.15) is 0 Å². The van der Waals surface area contributed by atoms with E-state index in [9.17, 15) is 4.79 Å². The summed E-state index contributed by atoms with van der Waals surface area (Å²) in [4.78, 5) is 13.9. The highest BCUT2D eigenvalue weighted by molar-refractivity contribution is 5.89. The molecule has 0 spiro atoms. The van der Waals surface area contributed by atoms with Crippen LogP contribution >= 0.6 is 0 Å². The molecule has 0 radical (unpaired) electrons. The van der Waals surface area contributed by atoms with Crippen molar-refractivity contribution in [1.29, 1.82) is 0 Å². The van der Waals surface area contributed by atoms with Crippen LogP contribution in [0.3, 0.4) is 0 Å². The van der Waals surface area contributed by atoms with Crippen molar-refractivity contribution in [3.63, 3.8) is 0 Å². The Morgan fingerprint density at radius 2 is 2.30 bits per heavy atom. The van der Waals surface area contributed by atoms with Crippen molar-refractivity contribution in [2.24, 2.45) is 5.92 Å².